The molecule has 6 rings (SSSR count). The van der Waals surface area contributed by atoms with E-state index in [9.17, 15) is 9.59 Å². The van der Waals surface area contributed by atoms with Crippen molar-refractivity contribution in [1.82, 2.24) is 10.6 Å². The zero-order chi connectivity index (χ0) is 28.7. The molecular formula is C38H36N2O2. The molecule has 0 aliphatic rings. The molecule has 2 amide bonds. The molecule has 42 heavy (non-hydrogen) atoms. The minimum Gasteiger partial charge on any atom is -0.352 e. The van der Waals surface area contributed by atoms with Gasteiger partial charge < -0.3 is 10.6 Å². The highest BCUT2D eigenvalue weighted by Gasteiger charge is 2.11. The van der Waals surface area contributed by atoms with Gasteiger partial charge in [0.25, 0.3) is 0 Å². The summed E-state index contributed by atoms with van der Waals surface area (Å²) in [6.45, 7) is 1.04. The van der Waals surface area contributed by atoms with Crippen molar-refractivity contribution in [3.63, 3.8) is 0 Å². The predicted octanol–water partition coefficient (Wildman–Crippen LogP) is 8.57. The number of nitrogens with one attached hydrogen (secondary N) is 2. The van der Waals surface area contributed by atoms with Crippen LogP contribution in [0.4, 0.5) is 0 Å². The van der Waals surface area contributed by atoms with Gasteiger partial charge in [0.2, 0.25) is 11.8 Å². The van der Waals surface area contributed by atoms with Gasteiger partial charge in [-0.1, -0.05) is 110 Å². The van der Waals surface area contributed by atoms with E-state index < -0.39 is 0 Å². The summed E-state index contributed by atoms with van der Waals surface area (Å²) in [5.74, 6) is 0.152. The number of hydrogen-bond acceptors (Lipinski definition) is 2. The Bertz CT molecular complexity index is 1640. The van der Waals surface area contributed by atoms with Crippen LogP contribution in [0.2, 0.25) is 0 Å². The van der Waals surface area contributed by atoms with Crippen molar-refractivity contribution in [2.24, 2.45) is 0 Å². The van der Waals surface area contributed by atoms with Gasteiger partial charge in [0.1, 0.15) is 0 Å². The number of unbranched alkanes of at least 4 members (excludes halogenated alkanes) is 3. The summed E-state index contributed by atoms with van der Waals surface area (Å²) in [7, 11) is 0. The van der Waals surface area contributed by atoms with Gasteiger partial charge in [-0.2, -0.15) is 0 Å². The zero-order valence-electron chi connectivity index (χ0n) is 23.9. The lowest BCUT2D eigenvalue weighted by molar-refractivity contribution is -0.122. The molecule has 0 spiro atoms. The third kappa shape index (κ3) is 6.13. The van der Waals surface area contributed by atoms with E-state index in [1.54, 1.807) is 0 Å². The lowest BCUT2D eigenvalue weighted by atomic mass is 9.96. The zero-order valence-corrected chi connectivity index (χ0v) is 23.9. The van der Waals surface area contributed by atoms with Crippen molar-refractivity contribution in [3.05, 3.63) is 120 Å². The average molecular weight is 553 g/mol. The van der Waals surface area contributed by atoms with Gasteiger partial charge in [0.15, 0.2) is 0 Å². The summed E-state index contributed by atoms with van der Waals surface area (Å²) in [6.07, 6.45) is 4.53. The van der Waals surface area contributed by atoms with Crippen LogP contribution in [0.5, 0.6) is 0 Å². The highest BCUT2D eigenvalue weighted by Crippen LogP contribution is 2.29. The van der Waals surface area contributed by atoms with Gasteiger partial charge in [-0.05, 0) is 79.2 Å². The Hall–Kier alpha value is -4.70. The van der Waals surface area contributed by atoms with Crippen molar-refractivity contribution in [1.29, 1.82) is 0 Å². The summed E-state index contributed by atoms with van der Waals surface area (Å²) in [4.78, 5) is 25.3. The number of fused-ring (bicyclic) bond motifs is 4. The number of amides is 2. The molecule has 4 heteroatoms. The fourth-order valence-corrected chi connectivity index (χ4v) is 6.07. The lowest BCUT2D eigenvalue weighted by Gasteiger charge is -2.13. The van der Waals surface area contributed by atoms with E-state index in [1.165, 1.54) is 54.2 Å². The van der Waals surface area contributed by atoms with E-state index >= 15 is 0 Å². The molecule has 0 unspecified atom stereocenters. The molecule has 2 N–H and O–H groups in total. The normalized spacial score (nSPS) is 11.3. The molecule has 210 valence electrons. The van der Waals surface area contributed by atoms with E-state index in [1.807, 2.05) is 24.3 Å². The van der Waals surface area contributed by atoms with Crippen LogP contribution in [0.1, 0.15) is 49.7 Å². The van der Waals surface area contributed by atoms with Crippen LogP contribution in [-0.4, -0.2) is 11.8 Å². The van der Waals surface area contributed by atoms with Crippen molar-refractivity contribution < 1.29 is 9.59 Å². The average Bonchev–Trinajstić information content (AvgIpc) is 3.02. The molecule has 6 aromatic carbocycles. The maximum Gasteiger partial charge on any atom is 0.220 e. The fourth-order valence-electron chi connectivity index (χ4n) is 6.07. The Kier molecular flexibility index (Phi) is 8.41. The van der Waals surface area contributed by atoms with Crippen LogP contribution in [0.3, 0.4) is 0 Å². The molecule has 0 aliphatic carbocycles. The van der Waals surface area contributed by atoms with Crippen molar-refractivity contribution >= 4 is 54.9 Å². The maximum atomic E-state index is 12.7. The molecule has 0 aromatic heterocycles. The molecule has 0 heterocycles. The van der Waals surface area contributed by atoms with E-state index in [0.717, 1.165) is 25.7 Å². The van der Waals surface area contributed by atoms with Gasteiger partial charge in [-0.25, -0.2) is 0 Å². The van der Waals surface area contributed by atoms with Crippen LogP contribution in [0, 0.1) is 0 Å². The first kappa shape index (κ1) is 27.5. The van der Waals surface area contributed by atoms with Gasteiger partial charge in [-0.3, -0.25) is 9.59 Å². The third-order valence-corrected chi connectivity index (χ3v) is 8.25. The van der Waals surface area contributed by atoms with E-state index in [-0.39, 0.29) is 11.8 Å². The first-order valence-electron chi connectivity index (χ1n) is 15.0. The molecule has 0 saturated heterocycles. The standard InChI is InChI=1S/C38H36N2O2/c41-37(39-25-35-31-17-9-5-13-27(31)23-28-14-6-10-18-32(28)35)21-3-1-2-4-22-38(42)40-26-36-33-19-11-7-15-29(33)24-30-16-8-12-20-34(30)36/h5-20,23-24H,1-4,21-22,25-26H2,(H,39,41)(H,40,42). The van der Waals surface area contributed by atoms with Crippen molar-refractivity contribution in [2.75, 3.05) is 0 Å². The van der Waals surface area contributed by atoms with E-state index in [4.69, 9.17) is 0 Å². The lowest BCUT2D eigenvalue weighted by Crippen LogP contribution is -2.23. The Morgan fingerprint density at radius 1 is 0.429 bits per heavy atom. The van der Waals surface area contributed by atoms with Crippen LogP contribution in [-0.2, 0) is 22.7 Å². The largest absolute Gasteiger partial charge is 0.352 e. The second kappa shape index (κ2) is 12.9. The van der Waals surface area contributed by atoms with Gasteiger partial charge in [0, 0.05) is 25.9 Å². The molecule has 0 atom stereocenters. The van der Waals surface area contributed by atoms with Crippen molar-refractivity contribution in [3.8, 4) is 0 Å². The molecule has 0 aliphatic heterocycles. The maximum absolute atomic E-state index is 12.7. The highest BCUT2D eigenvalue weighted by atomic mass is 16.2. The second-order valence-corrected chi connectivity index (χ2v) is 11.1. The molecular weight excluding hydrogens is 516 g/mol. The smallest absolute Gasteiger partial charge is 0.220 e. The molecule has 6 aromatic rings. The molecule has 4 nitrogen and oxygen atoms in total. The second-order valence-electron chi connectivity index (χ2n) is 11.1. The number of carbonyl (C=O) groups is 2. The minimum absolute atomic E-state index is 0.0760. The Morgan fingerprint density at radius 3 is 1.07 bits per heavy atom. The minimum atomic E-state index is 0.0760. The quantitative estimate of drug-likeness (QED) is 0.125. The SMILES string of the molecule is O=C(CCCCCCC(=O)NCc1c2ccccc2cc2ccccc12)NCc1c2ccccc2cc2ccccc12. The summed E-state index contributed by atoms with van der Waals surface area (Å²) >= 11 is 0. The van der Waals surface area contributed by atoms with E-state index in [0.29, 0.717) is 25.9 Å². The number of hydrogen-bond donors (Lipinski definition) is 2. The Morgan fingerprint density at radius 2 is 0.738 bits per heavy atom. The van der Waals surface area contributed by atoms with Gasteiger partial charge in [0.05, 0.1) is 0 Å². The van der Waals surface area contributed by atoms with Crippen LogP contribution < -0.4 is 10.6 Å². The summed E-state index contributed by atoms with van der Waals surface area (Å²) in [5.41, 5.74) is 2.33. The predicted molar refractivity (Wildman–Crippen MR) is 174 cm³/mol. The third-order valence-electron chi connectivity index (χ3n) is 8.25. The number of rotatable bonds is 11. The van der Waals surface area contributed by atoms with Gasteiger partial charge >= 0.3 is 0 Å². The van der Waals surface area contributed by atoms with E-state index in [2.05, 4.69) is 95.6 Å². The molecule has 0 bridgehead atoms. The summed E-state index contributed by atoms with van der Waals surface area (Å²) in [5, 5.41) is 15.8. The molecule has 0 saturated carbocycles. The first-order valence-corrected chi connectivity index (χ1v) is 15.0. The topological polar surface area (TPSA) is 58.2 Å². The highest BCUT2D eigenvalue weighted by molar-refractivity contribution is 6.03. The summed E-state index contributed by atoms with van der Waals surface area (Å²) in [6, 6.07) is 37.8. The number of benzene rings is 6. The van der Waals surface area contributed by atoms with Crippen LogP contribution in [0.15, 0.2) is 109 Å². The molecule has 0 fully saturated rings. The van der Waals surface area contributed by atoms with Crippen LogP contribution in [0.25, 0.3) is 43.1 Å². The molecule has 0 radical (unpaired) electrons. The van der Waals surface area contributed by atoms with Gasteiger partial charge in [-0.15, -0.1) is 0 Å². The van der Waals surface area contributed by atoms with Crippen molar-refractivity contribution in [2.45, 2.75) is 51.6 Å². The Balaban J connectivity index is 0.945. The first-order chi connectivity index (χ1) is 20.7. The summed E-state index contributed by atoms with van der Waals surface area (Å²) < 4.78 is 0. The van der Waals surface area contributed by atoms with Crippen LogP contribution >= 0.6 is 0 Å². The number of carbonyl (C=O) groups excluding carboxylic acids is 2. The monoisotopic (exact) mass is 552 g/mol. The Labute approximate surface area is 246 Å². The fraction of sp³-hybridized carbons (Fsp3) is 0.211.